The number of rotatable bonds is 12. The highest BCUT2D eigenvalue weighted by Gasteiger charge is 2.01. The fourth-order valence-electron chi connectivity index (χ4n) is 1.74. The van der Waals surface area contributed by atoms with Crippen molar-refractivity contribution in [3.8, 4) is 0 Å². The van der Waals surface area contributed by atoms with Gasteiger partial charge in [0, 0.05) is 48.8 Å². The van der Waals surface area contributed by atoms with Gasteiger partial charge in [-0.05, 0) is 49.5 Å². The highest BCUT2D eigenvalue weighted by atomic mass is 32.3. The minimum absolute atomic E-state index is 0.117. The van der Waals surface area contributed by atoms with Crippen molar-refractivity contribution in [1.82, 2.24) is 10.6 Å². The van der Waals surface area contributed by atoms with E-state index in [4.69, 9.17) is 29.0 Å². The third-order valence-electron chi connectivity index (χ3n) is 3.09. The largest absolute Gasteiger partial charge is 0.759 e. The van der Waals surface area contributed by atoms with Crippen molar-refractivity contribution in [2.24, 2.45) is 11.5 Å². The third kappa shape index (κ3) is 49.1. The second kappa shape index (κ2) is 25.4. The van der Waals surface area contributed by atoms with E-state index < -0.39 is 10.4 Å². The van der Waals surface area contributed by atoms with Crippen LogP contribution in [0.3, 0.4) is 0 Å². The van der Waals surface area contributed by atoms with E-state index >= 15 is 0 Å². The van der Waals surface area contributed by atoms with Gasteiger partial charge >= 0.3 is 22.1 Å². The molecule has 0 fully saturated rings. The molecule has 0 atom stereocenters. The van der Waals surface area contributed by atoms with Crippen molar-refractivity contribution in [1.29, 1.82) is 0 Å². The molecule has 15 heteroatoms. The quantitative estimate of drug-likeness (QED) is 0.0480. The normalized spacial score (nSPS) is 11.7. The Bertz CT molecular complexity index is 625. The zero-order valence-corrected chi connectivity index (χ0v) is 22.3. The van der Waals surface area contributed by atoms with Crippen LogP contribution in [0.2, 0.25) is 0 Å². The Morgan fingerprint density at radius 2 is 1.09 bits per heavy atom. The highest BCUT2D eigenvalue weighted by molar-refractivity contribution is 8.13. The molecule has 0 aliphatic rings. The highest BCUT2D eigenvalue weighted by Crippen LogP contribution is 1.93. The molecular weight excluding hydrogens is 492 g/mol. The van der Waals surface area contributed by atoms with E-state index in [2.05, 4.69) is 34.5 Å². The topological polar surface area (TPSA) is 218 Å². The van der Waals surface area contributed by atoms with E-state index in [1.807, 2.05) is 0 Å². The number of hydrogen-bond acceptors (Lipinski definition) is 10. The molecule has 0 spiro atoms. The van der Waals surface area contributed by atoms with Gasteiger partial charge in [-0.1, -0.05) is 26.7 Å². The van der Waals surface area contributed by atoms with Crippen LogP contribution in [0.4, 0.5) is 0 Å². The Labute approximate surface area is 206 Å². The lowest BCUT2D eigenvalue weighted by Crippen LogP contribution is -2.77. The van der Waals surface area contributed by atoms with Gasteiger partial charge in [0.05, 0.1) is 0 Å². The summed E-state index contributed by atoms with van der Waals surface area (Å²) in [5, 5.41) is 7.55. The molecule has 0 aromatic carbocycles. The van der Waals surface area contributed by atoms with E-state index in [1.165, 1.54) is 63.1 Å². The van der Waals surface area contributed by atoms with Crippen molar-refractivity contribution in [3.63, 3.8) is 0 Å². The number of hydrogen-bond donors (Lipinski definition) is 6. The van der Waals surface area contributed by atoms with E-state index in [1.54, 1.807) is 0 Å². The molecule has 0 aromatic rings. The molecule has 12 nitrogen and oxygen atoms in total. The van der Waals surface area contributed by atoms with Crippen LogP contribution in [-0.2, 0) is 20.0 Å². The summed E-state index contributed by atoms with van der Waals surface area (Å²) < 4.78 is 34.1. The van der Waals surface area contributed by atoms with Gasteiger partial charge < -0.3 is 19.7 Å². The van der Waals surface area contributed by atoms with Crippen LogP contribution in [0, 0.1) is 0 Å². The third-order valence-corrected chi connectivity index (χ3v) is 4.73. The second-order valence-corrected chi connectivity index (χ2v) is 9.49. The van der Waals surface area contributed by atoms with E-state index in [0.717, 1.165) is 37.7 Å². The smallest absolute Gasteiger partial charge is 0.309 e. The van der Waals surface area contributed by atoms with E-state index in [0.29, 0.717) is 10.3 Å². The van der Waals surface area contributed by atoms with Gasteiger partial charge in [-0.15, -0.1) is 0 Å². The summed E-state index contributed by atoms with van der Waals surface area (Å²) in [4.78, 5) is 26.2. The number of amides is 2. The van der Waals surface area contributed by atoms with Gasteiger partial charge in [0.25, 0.3) is 0 Å². The van der Waals surface area contributed by atoms with Crippen LogP contribution >= 0.6 is 23.5 Å². The number of carbonyl (C=O) groups is 2. The standard InChI is InChI=1S/2C9H19N3OS.H2O4S/c2*1-3-4-5-11-6-7-14-9(10)12-8(2)13;1-5(2,3)4/h2*11H,3-7H2,1-2H3,(H2,10,12,13);(H2,1,2,3,4). The lowest BCUT2D eigenvalue weighted by Gasteiger charge is -2.06. The SMILES string of the molecule is CCCCNCCSC(N)=[NH+]C(C)=O.CCCCNCCSC(N)=[NH+]C(C)=O.O=S(=O)([O-])[O-]. The molecule has 0 aromatic heterocycles. The summed E-state index contributed by atoms with van der Waals surface area (Å²) in [5.74, 6) is 1.54. The number of unbranched alkanes of at least 4 members (excludes halogenated alkanes) is 2. The predicted octanol–water partition coefficient (Wildman–Crippen LogP) is -3.24. The molecule has 0 unspecified atom stereocenters. The van der Waals surface area contributed by atoms with Crippen molar-refractivity contribution in [2.75, 3.05) is 37.7 Å². The Kier molecular flexibility index (Phi) is 28.0. The van der Waals surface area contributed by atoms with Crippen molar-refractivity contribution >= 4 is 56.1 Å². The van der Waals surface area contributed by atoms with Crippen LogP contribution < -0.4 is 32.1 Å². The maximum Gasteiger partial charge on any atom is 0.309 e. The summed E-state index contributed by atoms with van der Waals surface area (Å²) >= 11 is 2.93. The van der Waals surface area contributed by atoms with Gasteiger partial charge in [0.1, 0.15) is 0 Å². The molecule has 0 aliphatic heterocycles. The van der Waals surface area contributed by atoms with Gasteiger partial charge in [0.15, 0.2) is 0 Å². The number of thioether (sulfide) groups is 2. The Balaban J connectivity index is -0.000000453. The number of nitrogens with one attached hydrogen (secondary N) is 4. The van der Waals surface area contributed by atoms with E-state index in [-0.39, 0.29) is 11.8 Å². The van der Waals surface area contributed by atoms with Crippen LogP contribution in [-0.4, -0.2) is 77.4 Å². The summed E-state index contributed by atoms with van der Waals surface area (Å²) in [5.41, 5.74) is 11.1. The first-order valence-electron chi connectivity index (χ1n) is 10.5. The zero-order valence-electron chi connectivity index (χ0n) is 19.9. The molecule has 8 N–H and O–H groups in total. The van der Waals surface area contributed by atoms with Gasteiger partial charge in [-0.3, -0.25) is 19.9 Å². The van der Waals surface area contributed by atoms with Gasteiger partial charge in [-0.2, -0.15) is 0 Å². The fraction of sp³-hybridized carbons (Fsp3) is 0.778. The molecule has 0 bridgehead atoms. The van der Waals surface area contributed by atoms with Gasteiger partial charge in [0.2, 0.25) is 0 Å². The maximum absolute atomic E-state index is 10.6. The Morgan fingerprint density at radius 3 is 1.33 bits per heavy atom. The van der Waals surface area contributed by atoms with Crippen molar-refractivity contribution in [2.45, 2.75) is 53.4 Å². The Hall–Kier alpha value is -1.23. The second-order valence-electron chi connectivity index (χ2n) is 6.40. The Morgan fingerprint density at radius 1 is 0.788 bits per heavy atom. The first kappa shape index (κ1) is 36.3. The van der Waals surface area contributed by atoms with Crippen LogP contribution in [0.25, 0.3) is 0 Å². The molecule has 0 heterocycles. The number of nitrogens with two attached hydrogens (primary N) is 2. The lowest BCUT2D eigenvalue weighted by molar-refractivity contribution is -0.374. The number of carbonyl (C=O) groups excluding carboxylic acids is 2. The van der Waals surface area contributed by atoms with Crippen molar-refractivity contribution < 1.29 is 37.1 Å². The molecule has 33 heavy (non-hydrogen) atoms. The summed E-state index contributed by atoms with van der Waals surface area (Å²) in [7, 11) is -5.17. The molecule has 0 rings (SSSR count). The predicted molar refractivity (Wildman–Crippen MR) is 133 cm³/mol. The molecule has 196 valence electrons. The lowest BCUT2D eigenvalue weighted by atomic mass is 10.3. The number of amidine groups is 2. The first-order valence-corrected chi connectivity index (χ1v) is 13.8. The average molecular weight is 533 g/mol. The molecule has 0 aliphatic carbocycles. The van der Waals surface area contributed by atoms with E-state index in [9.17, 15) is 9.59 Å². The summed E-state index contributed by atoms with van der Waals surface area (Å²) in [6.07, 6.45) is 4.83. The minimum atomic E-state index is -5.17. The summed E-state index contributed by atoms with van der Waals surface area (Å²) in [6.45, 7) is 11.2. The van der Waals surface area contributed by atoms with Crippen LogP contribution in [0.15, 0.2) is 0 Å². The average Bonchev–Trinajstić information content (AvgIpc) is 2.65. The fourth-order valence-corrected chi connectivity index (χ4v) is 3.10. The molecular formula is C18H40N6O6S3. The maximum atomic E-state index is 10.6. The molecule has 0 saturated carbocycles. The first-order chi connectivity index (χ1) is 15.3. The van der Waals surface area contributed by atoms with Crippen LogP contribution in [0.1, 0.15) is 53.4 Å². The van der Waals surface area contributed by atoms with Crippen molar-refractivity contribution in [3.05, 3.63) is 0 Å². The molecule has 0 radical (unpaired) electrons. The minimum Gasteiger partial charge on any atom is -0.759 e. The van der Waals surface area contributed by atoms with Crippen LogP contribution in [0.5, 0.6) is 0 Å². The monoisotopic (exact) mass is 532 g/mol. The molecule has 0 saturated heterocycles. The molecule has 2 amide bonds. The zero-order chi connectivity index (χ0) is 26.1. The summed E-state index contributed by atoms with van der Waals surface area (Å²) in [6, 6.07) is 0. The van der Waals surface area contributed by atoms with Gasteiger partial charge in [-0.25, -0.2) is 19.6 Å².